The van der Waals surface area contributed by atoms with Crippen molar-refractivity contribution in [2.24, 2.45) is 50.2 Å². The van der Waals surface area contributed by atoms with Crippen LogP contribution in [0.5, 0.6) is 0 Å². The molecule has 0 radical (unpaired) electrons. The summed E-state index contributed by atoms with van der Waals surface area (Å²) in [6.45, 7) is 21.0. The number of hydrogen-bond donors (Lipinski definition) is 9. The van der Waals surface area contributed by atoms with Gasteiger partial charge < -0.3 is 69.6 Å². The summed E-state index contributed by atoms with van der Waals surface area (Å²) in [6, 6.07) is 0. The van der Waals surface area contributed by atoms with E-state index in [0.717, 1.165) is 70.6 Å². The number of carbonyl (C=O) groups is 2. The number of allylic oxidation sites excluding steroid dienone is 2. The number of fused-ring (bicyclic) bond motifs is 7. The van der Waals surface area contributed by atoms with Crippen LogP contribution in [-0.2, 0) is 33.3 Å². The molecule has 16 nitrogen and oxygen atoms in total. The van der Waals surface area contributed by atoms with E-state index in [9.17, 15) is 55.5 Å². The molecule has 6 fully saturated rings. The van der Waals surface area contributed by atoms with Crippen molar-refractivity contribution in [2.75, 3.05) is 6.61 Å². The molecule has 21 atom stereocenters. The van der Waals surface area contributed by atoms with Gasteiger partial charge in [0.05, 0.1) is 18.1 Å². The van der Waals surface area contributed by atoms with Crippen molar-refractivity contribution in [3.05, 3.63) is 24.3 Å². The number of esters is 1. The zero-order valence-corrected chi connectivity index (χ0v) is 45.8. The first-order valence-electron chi connectivity index (χ1n) is 28.0. The number of ether oxygens (including phenoxy) is 5. The second kappa shape index (κ2) is 23.4. The van der Waals surface area contributed by atoms with Crippen molar-refractivity contribution in [3.8, 4) is 23.7 Å². The van der Waals surface area contributed by atoms with Crippen LogP contribution in [0.15, 0.2) is 24.3 Å². The lowest BCUT2D eigenvalue weighted by molar-refractivity contribution is -0.375. The first-order valence-corrected chi connectivity index (χ1v) is 28.0. The van der Waals surface area contributed by atoms with Gasteiger partial charge in [0.1, 0.15) is 61.0 Å². The Morgan fingerprint density at radius 3 is 2.20 bits per heavy atom. The topological polar surface area (TPSA) is 262 Å². The van der Waals surface area contributed by atoms with Crippen LogP contribution < -0.4 is 0 Å². The third-order valence-corrected chi connectivity index (χ3v) is 20.4. The Morgan fingerprint density at radius 2 is 1.52 bits per heavy atom. The summed E-state index contributed by atoms with van der Waals surface area (Å²) < 4.78 is 31.2. The molecule has 7 rings (SSSR count). The summed E-state index contributed by atoms with van der Waals surface area (Å²) in [6.07, 6.45) is -5.58. The molecule has 0 aromatic heterocycles. The van der Waals surface area contributed by atoms with Gasteiger partial charge in [-0.3, -0.25) is 4.79 Å². The van der Waals surface area contributed by atoms with Gasteiger partial charge in [0.25, 0.3) is 0 Å². The molecule has 422 valence electrons. The van der Waals surface area contributed by atoms with Crippen LogP contribution in [0.2, 0.25) is 0 Å². The average molecular weight is 1060 g/mol. The van der Waals surface area contributed by atoms with E-state index in [4.69, 9.17) is 23.7 Å². The molecular weight excluding hydrogens is 965 g/mol. The van der Waals surface area contributed by atoms with Crippen LogP contribution in [0, 0.1) is 73.9 Å². The van der Waals surface area contributed by atoms with Gasteiger partial charge in [0.2, 0.25) is 0 Å². The average Bonchev–Trinajstić information content (AvgIpc) is 3.36. The number of carbonyl (C=O) groups excluding carboxylic acids is 1. The van der Waals surface area contributed by atoms with Crippen molar-refractivity contribution >= 4 is 11.9 Å². The minimum absolute atomic E-state index is 0.0137. The van der Waals surface area contributed by atoms with Crippen LogP contribution in [0.1, 0.15) is 165 Å². The first kappa shape index (κ1) is 59.7. The Labute approximate surface area is 445 Å². The number of carboxylic acids is 1. The molecule has 9 N–H and O–H groups in total. The zero-order chi connectivity index (χ0) is 55.1. The highest BCUT2D eigenvalue weighted by Gasteiger charge is 2.70. The molecule has 0 aromatic carbocycles. The SMILES string of the molecule is C=C[C@@H](O)C#CC#CC[C@@H](O)[C@@H](CCCCCCC)OC(=O)[C@H]1O[C@@H](O[C@H]2CC[C@]3(C)[C@H]4CC=C5[C@@H]6CC(C)(C)CC[C@]6(C(=O)O)CC[C@@]5(C)[C@]4(C)CC[C@H]3C2(C)C)[C@H](O[C@@H]2O[C@H](CO)[C@@H](O)[C@H](O)[C@H]2O)[C@@H](O)[C@@H]1O. The maximum atomic E-state index is 14.3. The Kier molecular flexibility index (Phi) is 18.6. The Morgan fingerprint density at radius 1 is 0.813 bits per heavy atom. The van der Waals surface area contributed by atoms with E-state index in [0.29, 0.717) is 25.7 Å². The number of carboxylic acid groups (broad SMARTS) is 1. The van der Waals surface area contributed by atoms with E-state index in [1.807, 2.05) is 0 Å². The molecule has 0 amide bonds. The maximum absolute atomic E-state index is 14.3. The fourth-order valence-electron chi connectivity index (χ4n) is 15.6. The molecule has 7 aliphatic rings. The minimum atomic E-state index is -2.00. The molecule has 75 heavy (non-hydrogen) atoms. The molecule has 5 aliphatic carbocycles. The van der Waals surface area contributed by atoms with E-state index < -0.39 is 115 Å². The van der Waals surface area contributed by atoms with Gasteiger partial charge in [-0.25, -0.2) is 4.79 Å². The molecular formula is C59H90O16. The lowest BCUT2D eigenvalue weighted by Gasteiger charge is -2.71. The van der Waals surface area contributed by atoms with Crippen LogP contribution in [0.25, 0.3) is 0 Å². The van der Waals surface area contributed by atoms with Gasteiger partial charge >= 0.3 is 11.9 Å². The summed E-state index contributed by atoms with van der Waals surface area (Å²) >= 11 is 0. The van der Waals surface area contributed by atoms with Crippen LogP contribution >= 0.6 is 0 Å². The number of aliphatic hydroxyl groups excluding tert-OH is 8. The normalized spacial score (nSPS) is 42.9. The number of hydrogen-bond acceptors (Lipinski definition) is 15. The largest absolute Gasteiger partial charge is 0.481 e. The molecule has 0 unspecified atom stereocenters. The number of aliphatic carboxylic acids is 1. The third kappa shape index (κ3) is 11.3. The summed E-state index contributed by atoms with van der Waals surface area (Å²) in [5, 5.41) is 98.0. The molecule has 0 aromatic rings. The van der Waals surface area contributed by atoms with Gasteiger partial charge in [-0.15, -0.1) is 0 Å². The molecule has 0 spiro atoms. The Hall–Kier alpha value is -2.94. The minimum Gasteiger partial charge on any atom is -0.481 e. The molecule has 16 heteroatoms. The van der Waals surface area contributed by atoms with Crippen molar-refractivity contribution in [1.82, 2.24) is 0 Å². The fraction of sp³-hybridized carbons (Fsp3) is 0.831. The highest BCUT2D eigenvalue weighted by molar-refractivity contribution is 5.77. The predicted molar refractivity (Wildman–Crippen MR) is 276 cm³/mol. The van der Waals surface area contributed by atoms with Gasteiger partial charge in [-0.05, 0) is 134 Å². The standard InChI is InChI=1S/C59H90O16/c1-10-12-13-14-18-21-38(37(62)20-17-15-16-19-34(61)11-2)71-50(68)48-45(65)46(66)49(75-51-47(67)44(64)43(63)39(33-60)72-51)52(74-48)73-42-25-26-56(7)40(55(42,5)6)24-27-58(9)41(56)23-22-35-36-32-54(3,4)28-30-59(36,53(69)70)31-29-57(35,58)8/h11,22,34,36-49,51-52,60-67H,2,10,12-14,18,20-21,23-33H2,1,3-9H3,(H,69,70)/t34-,36+,37-,38-,39-,40+,41-,42+,43-,44+,45+,46+,47-,48+,49-,51+,52-,56+,57-,58-,59+/m1/s1. The van der Waals surface area contributed by atoms with E-state index in [-0.39, 0.29) is 52.3 Å². The van der Waals surface area contributed by atoms with Crippen molar-refractivity contribution in [3.63, 3.8) is 0 Å². The second-order valence-corrected chi connectivity index (χ2v) is 25.6. The molecule has 2 heterocycles. The third-order valence-electron chi connectivity index (χ3n) is 20.4. The molecule has 4 saturated carbocycles. The monoisotopic (exact) mass is 1050 g/mol. The van der Waals surface area contributed by atoms with E-state index in [1.54, 1.807) is 0 Å². The quantitative estimate of drug-likeness (QED) is 0.0288. The van der Waals surface area contributed by atoms with Gasteiger partial charge in [0, 0.05) is 6.42 Å². The van der Waals surface area contributed by atoms with Crippen LogP contribution in [0.4, 0.5) is 0 Å². The highest BCUT2D eigenvalue weighted by Crippen LogP contribution is 2.76. The van der Waals surface area contributed by atoms with Gasteiger partial charge in [0.15, 0.2) is 18.7 Å². The van der Waals surface area contributed by atoms with E-state index in [1.165, 1.54) is 11.6 Å². The molecule has 2 saturated heterocycles. The fourth-order valence-corrected chi connectivity index (χ4v) is 15.6. The first-order chi connectivity index (χ1) is 35.3. The second-order valence-electron chi connectivity index (χ2n) is 25.6. The van der Waals surface area contributed by atoms with Crippen LogP contribution in [0.3, 0.4) is 0 Å². The molecule has 2 aliphatic heterocycles. The summed E-state index contributed by atoms with van der Waals surface area (Å²) in [5.74, 6) is 8.95. The van der Waals surface area contributed by atoms with Crippen molar-refractivity contribution in [1.29, 1.82) is 0 Å². The summed E-state index contributed by atoms with van der Waals surface area (Å²) in [5.41, 5.74) is -0.383. The smallest absolute Gasteiger partial charge is 0.338 e. The van der Waals surface area contributed by atoms with Crippen molar-refractivity contribution < 1.29 is 79.2 Å². The van der Waals surface area contributed by atoms with Gasteiger partial charge in [-0.2, -0.15) is 0 Å². The van der Waals surface area contributed by atoms with E-state index in [2.05, 4.69) is 91.7 Å². The summed E-state index contributed by atoms with van der Waals surface area (Å²) in [4.78, 5) is 27.6. The molecule has 0 bridgehead atoms. The lowest BCUT2D eigenvalue weighted by atomic mass is 9.33. The summed E-state index contributed by atoms with van der Waals surface area (Å²) in [7, 11) is 0. The Balaban J connectivity index is 1.16. The Bertz CT molecular complexity index is 2190. The van der Waals surface area contributed by atoms with E-state index >= 15 is 0 Å². The van der Waals surface area contributed by atoms with Gasteiger partial charge in [-0.1, -0.05) is 117 Å². The van der Waals surface area contributed by atoms with Crippen molar-refractivity contribution in [2.45, 2.75) is 250 Å². The number of aliphatic hydroxyl groups is 8. The number of unbranched alkanes of at least 4 members (excludes halogenated alkanes) is 4. The number of rotatable bonds is 17. The lowest BCUT2D eigenvalue weighted by Crippen LogP contribution is -2.67. The maximum Gasteiger partial charge on any atom is 0.338 e. The predicted octanol–water partition coefficient (Wildman–Crippen LogP) is 5.47. The van der Waals surface area contributed by atoms with Crippen LogP contribution in [-0.4, -0.2) is 150 Å². The highest BCUT2D eigenvalue weighted by atomic mass is 16.8. The zero-order valence-electron chi connectivity index (χ0n) is 45.8.